The average molecular weight is 292 g/mol. The summed E-state index contributed by atoms with van der Waals surface area (Å²) in [7, 11) is 1.57. The third-order valence-corrected chi connectivity index (χ3v) is 3.10. The van der Waals surface area contributed by atoms with Crippen molar-refractivity contribution >= 4 is 34.6 Å². The molecule has 0 atom stereocenters. The first-order chi connectivity index (χ1) is 9.51. The lowest BCUT2D eigenvalue weighted by atomic mass is 10.1. The van der Waals surface area contributed by atoms with E-state index in [1.807, 2.05) is 0 Å². The Morgan fingerprint density at radius 1 is 1.25 bits per heavy atom. The van der Waals surface area contributed by atoms with E-state index in [1.165, 1.54) is 0 Å². The Hall–Kier alpha value is -2.40. The van der Waals surface area contributed by atoms with Crippen LogP contribution in [0, 0.1) is 0 Å². The maximum atomic E-state index is 11.3. The molecule has 0 spiro atoms. The molecule has 0 bridgehead atoms. The number of methoxy groups -OCH3 is 1. The standard InChI is InChI=1S/C14H14ClN3O2/c1-20-9-3-4-11(15)13(7-9)18-8-2-5-12(16)10(6-8)14(17)19/h2-7,18H,16H2,1H3,(H2,17,19). The highest BCUT2D eigenvalue weighted by molar-refractivity contribution is 6.33. The number of hydrogen-bond acceptors (Lipinski definition) is 4. The first-order valence-electron chi connectivity index (χ1n) is 5.81. The van der Waals surface area contributed by atoms with Crippen molar-refractivity contribution in [3.8, 4) is 5.75 Å². The number of benzene rings is 2. The van der Waals surface area contributed by atoms with Gasteiger partial charge in [-0.05, 0) is 30.3 Å². The number of ether oxygens (including phenoxy) is 1. The van der Waals surface area contributed by atoms with E-state index in [2.05, 4.69) is 5.32 Å². The Bertz CT molecular complexity index is 659. The molecule has 2 aromatic rings. The molecule has 5 N–H and O–H groups in total. The van der Waals surface area contributed by atoms with Crippen LogP contribution in [0.5, 0.6) is 5.75 Å². The van der Waals surface area contributed by atoms with E-state index in [0.29, 0.717) is 27.8 Å². The van der Waals surface area contributed by atoms with Gasteiger partial charge in [-0.3, -0.25) is 4.79 Å². The van der Waals surface area contributed by atoms with Crippen LogP contribution >= 0.6 is 11.6 Å². The summed E-state index contributed by atoms with van der Waals surface area (Å²) in [5.74, 6) is 0.0883. The van der Waals surface area contributed by atoms with Gasteiger partial charge < -0.3 is 21.5 Å². The van der Waals surface area contributed by atoms with Crippen LogP contribution in [0.1, 0.15) is 10.4 Å². The molecular weight excluding hydrogens is 278 g/mol. The summed E-state index contributed by atoms with van der Waals surface area (Å²) in [5, 5.41) is 3.62. The van der Waals surface area contributed by atoms with Crippen LogP contribution in [0.25, 0.3) is 0 Å². The zero-order valence-corrected chi connectivity index (χ0v) is 11.6. The molecule has 0 aliphatic rings. The average Bonchev–Trinajstić information content (AvgIpc) is 2.43. The smallest absolute Gasteiger partial charge is 0.250 e. The number of amides is 1. The van der Waals surface area contributed by atoms with Crippen LogP contribution in [0.3, 0.4) is 0 Å². The molecule has 2 rings (SSSR count). The molecule has 0 unspecified atom stereocenters. The van der Waals surface area contributed by atoms with Crippen LogP contribution in [0.2, 0.25) is 5.02 Å². The van der Waals surface area contributed by atoms with Crippen LogP contribution in [0.4, 0.5) is 17.1 Å². The first kappa shape index (κ1) is 14.0. The molecular formula is C14H14ClN3O2. The first-order valence-corrected chi connectivity index (χ1v) is 6.19. The molecule has 1 amide bonds. The SMILES string of the molecule is COc1ccc(Cl)c(Nc2ccc(N)c(C(N)=O)c2)c1. The highest BCUT2D eigenvalue weighted by atomic mass is 35.5. The number of nitrogens with two attached hydrogens (primary N) is 2. The van der Waals surface area contributed by atoms with E-state index in [9.17, 15) is 4.79 Å². The van der Waals surface area contributed by atoms with Crippen molar-refractivity contribution in [2.24, 2.45) is 5.73 Å². The summed E-state index contributed by atoms with van der Waals surface area (Å²) in [6.07, 6.45) is 0. The predicted octanol–water partition coefficient (Wildman–Crippen LogP) is 2.77. The van der Waals surface area contributed by atoms with E-state index >= 15 is 0 Å². The van der Waals surface area contributed by atoms with Gasteiger partial charge in [0.2, 0.25) is 0 Å². The molecule has 0 aromatic heterocycles. The van der Waals surface area contributed by atoms with Crippen molar-refractivity contribution in [3.05, 3.63) is 47.0 Å². The van der Waals surface area contributed by atoms with E-state index in [-0.39, 0.29) is 5.56 Å². The summed E-state index contributed by atoms with van der Waals surface area (Å²) < 4.78 is 5.14. The Labute approximate surface area is 121 Å². The maximum Gasteiger partial charge on any atom is 0.250 e. The number of primary amides is 1. The van der Waals surface area contributed by atoms with Crippen LogP contribution in [0.15, 0.2) is 36.4 Å². The van der Waals surface area contributed by atoms with Crippen molar-refractivity contribution in [1.29, 1.82) is 0 Å². The summed E-state index contributed by atoms with van der Waals surface area (Å²) >= 11 is 6.10. The molecule has 2 aromatic carbocycles. The molecule has 0 fully saturated rings. The number of carbonyl (C=O) groups excluding carboxylic acids is 1. The number of carbonyl (C=O) groups is 1. The molecule has 0 aliphatic carbocycles. The molecule has 0 saturated heterocycles. The van der Waals surface area contributed by atoms with Gasteiger partial charge in [0.05, 0.1) is 23.4 Å². The highest BCUT2D eigenvalue weighted by Crippen LogP contribution is 2.30. The third-order valence-electron chi connectivity index (χ3n) is 2.77. The fraction of sp³-hybridized carbons (Fsp3) is 0.0714. The quantitative estimate of drug-likeness (QED) is 0.756. The Balaban J connectivity index is 2.35. The predicted molar refractivity (Wildman–Crippen MR) is 80.7 cm³/mol. The fourth-order valence-electron chi connectivity index (χ4n) is 1.73. The van der Waals surface area contributed by atoms with Gasteiger partial charge in [-0.1, -0.05) is 11.6 Å². The van der Waals surface area contributed by atoms with Crippen molar-refractivity contribution in [2.45, 2.75) is 0 Å². The molecule has 0 heterocycles. The second kappa shape index (κ2) is 5.71. The highest BCUT2D eigenvalue weighted by Gasteiger charge is 2.08. The van der Waals surface area contributed by atoms with Gasteiger partial charge in [-0.15, -0.1) is 0 Å². The largest absolute Gasteiger partial charge is 0.497 e. The van der Waals surface area contributed by atoms with Crippen LogP contribution in [-0.4, -0.2) is 13.0 Å². The number of nitrogen functional groups attached to an aromatic ring is 1. The van der Waals surface area contributed by atoms with Gasteiger partial charge in [0, 0.05) is 17.4 Å². The fourth-order valence-corrected chi connectivity index (χ4v) is 1.89. The zero-order chi connectivity index (χ0) is 14.7. The van der Waals surface area contributed by atoms with Crippen molar-refractivity contribution in [2.75, 3.05) is 18.2 Å². The second-order valence-electron chi connectivity index (χ2n) is 4.14. The minimum absolute atomic E-state index is 0.258. The number of hydrogen-bond donors (Lipinski definition) is 3. The van der Waals surface area contributed by atoms with Gasteiger partial charge in [0.15, 0.2) is 0 Å². The Morgan fingerprint density at radius 3 is 2.65 bits per heavy atom. The van der Waals surface area contributed by atoms with E-state index in [4.69, 9.17) is 27.8 Å². The molecule has 20 heavy (non-hydrogen) atoms. The monoisotopic (exact) mass is 291 g/mol. The van der Waals surface area contributed by atoms with E-state index in [1.54, 1.807) is 43.5 Å². The summed E-state index contributed by atoms with van der Waals surface area (Å²) in [6, 6.07) is 10.1. The molecule has 0 radical (unpaired) electrons. The van der Waals surface area contributed by atoms with Gasteiger partial charge >= 0.3 is 0 Å². The maximum absolute atomic E-state index is 11.3. The summed E-state index contributed by atoms with van der Waals surface area (Å²) in [4.78, 5) is 11.3. The Kier molecular flexibility index (Phi) is 4.00. The lowest BCUT2D eigenvalue weighted by molar-refractivity contribution is 0.100. The minimum Gasteiger partial charge on any atom is -0.497 e. The normalized spacial score (nSPS) is 10.1. The van der Waals surface area contributed by atoms with E-state index < -0.39 is 5.91 Å². The van der Waals surface area contributed by atoms with E-state index in [0.717, 1.165) is 0 Å². The van der Waals surface area contributed by atoms with Gasteiger partial charge in [-0.25, -0.2) is 0 Å². The molecule has 0 aliphatic heterocycles. The Morgan fingerprint density at radius 2 is 2.00 bits per heavy atom. The third kappa shape index (κ3) is 2.95. The van der Waals surface area contributed by atoms with Crippen molar-refractivity contribution in [3.63, 3.8) is 0 Å². The summed E-state index contributed by atoms with van der Waals surface area (Å²) in [6.45, 7) is 0. The molecule has 6 heteroatoms. The number of rotatable bonds is 4. The van der Waals surface area contributed by atoms with Crippen molar-refractivity contribution < 1.29 is 9.53 Å². The molecule has 5 nitrogen and oxygen atoms in total. The van der Waals surface area contributed by atoms with Crippen LogP contribution in [-0.2, 0) is 0 Å². The lowest BCUT2D eigenvalue weighted by Crippen LogP contribution is -2.13. The van der Waals surface area contributed by atoms with Gasteiger partial charge in [0.25, 0.3) is 5.91 Å². The van der Waals surface area contributed by atoms with Crippen LogP contribution < -0.4 is 21.5 Å². The zero-order valence-electron chi connectivity index (χ0n) is 10.8. The van der Waals surface area contributed by atoms with Gasteiger partial charge in [-0.2, -0.15) is 0 Å². The molecule has 104 valence electrons. The van der Waals surface area contributed by atoms with Gasteiger partial charge in [0.1, 0.15) is 5.75 Å². The summed E-state index contributed by atoms with van der Waals surface area (Å²) in [5.41, 5.74) is 12.8. The van der Waals surface area contributed by atoms with Crippen molar-refractivity contribution in [1.82, 2.24) is 0 Å². The topological polar surface area (TPSA) is 90.4 Å². The number of halogens is 1. The lowest BCUT2D eigenvalue weighted by Gasteiger charge is -2.11. The number of anilines is 3. The minimum atomic E-state index is -0.581. The number of nitrogens with one attached hydrogen (secondary N) is 1. The second-order valence-corrected chi connectivity index (χ2v) is 4.54. The molecule has 0 saturated carbocycles.